The third-order valence-electron chi connectivity index (χ3n) is 3.98. The number of nitrogens with zero attached hydrogens (tertiary/aromatic N) is 1. The summed E-state index contributed by atoms with van der Waals surface area (Å²) in [6.07, 6.45) is -4.47. The maximum atomic E-state index is 13.1. The Hall–Kier alpha value is -2.41. The molecule has 0 radical (unpaired) electrons. The van der Waals surface area contributed by atoms with Crippen LogP contribution in [0.25, 0.3) is 22.2 Å². The summed E-state index contributed by atoms with van der Waals surface area (Å²) in [5, 5.41) is 0.824. The normalized spacial score (nSPS) is 11.6. The molecule has 26 heavy (non-hydrogen) atoms. The number of rotatable bonds is 3. The molecular weight excluding hydrogens is 411 g/mol. The molecule has 0 saturated carbocycles. The van der Waals surface area contributed by atoms with E-state index in [1.165, 1.54) is 13.2 Å². The highest BCUT2D eigenvalue weighted by atomic mass is 79.9. The summed E-state index contributed by atoms with van der Waals surface area (Å²) in [5.74, 6) is -0.564. The number of carbonyl (C=O) groups is 1. The van der Waals surface area contributed by atoms with Gasteiger partial charge in [0.25, 0.3) is 0 Å². The highest BCUT2D eigenvalue weighted by Crippen LogP contribution is 2.35. The van der Waals surface area contributed by atoms with Gasteiger partial charge in [0, 0.05) is 21.8 Å². The zero-order chi connectivity index (χ0) is 18.9. The molecule has 0 atom stereocenters. The molecule has 0 bridgehead atoms. The van der Waals surface area contributed by atoms with Crippen LogP contribution in [0.3, 0.4) is 0 Å². The van der Waals surface area contributed by atoms with E-state index in [9.17, 15) is 18.0 Å². The van der Waals surface area contributed by atoms with Gasteiger partial charge in [0.1, 0.15) is 0 Å². The summed E-state index contributed by atoms with van der Waals surface area (Å²) in [6, 6.07) is 11.8. The van der Waals surface area contributed by atoms with E-state index in [0.717, 1.165) is 12.1 Å². The van der Waals surface area contributed by atoms with Crippen molar-refractivity contribution in [2.24, 2.45) is 0 Å². The largest absolute Gasteiger partial charge is 0.465 e. The molecule has 0 spiro atoms. The Balaban J connectivity index is 2.35. The van der Waals surface area contributed by atoms with Crippen molar-refractivity contribution in [1.82, 2.24) is 4.98 Å². The number of carbonyl (C=O) groups excluding carboxylic acids is 1. The molecular formula is C19H13BrF3NO2. The maximum absolute atomic E-state index is 13.1. The van der Waals surface area contributed by atoms with Crippen LogP contribution in [0.15, 0.2) is 48.5 Å². The number of ether oxygens (including phenoxy) is 1. The average Bonchev–Trinajstić information content (AvgIpc) is 2.65. The second kappa shape index (κ2) is 7.07. The van der Waals surface area contributed by atoms with Gasteiger partial charge in [-0.05, 0) is 18.2 Å². The van der Waals surface area contributed by atoms with Crippen LogP contribution in [0.4, 0.5) is 13.2 Å². The van der Waals surface area contributed by atoms with Crippen molar-refractivity contribution in [2.45, 2.75) is 11.5 Å². The zero-order valence-electron chi connectivity index (χ0n) is 13.6. The molecule has 7 heteroatoms. The van der Waals surface area contributed by atoms with Crippen molar-refractivity contribution in [2.75, 3.05) is 7.11 Å². The van der Waals surface area contributed by atoms with Crippen molar-refractivity contribution in [1.29, 1.82) is 0 Å². The fourth-order valence-corrected chi connectivity index (χ4v) is 3.34. The zero-order valence-corrected chi connectivity index (χ0v) is 15.2. The number of halogens is 4. The topological polar surface area (TPSA) is 39.2 Å². The Morgan fingerprint density at radius 2 is 1.88 bits per heavy atom. The molecule has 0 amide bonds. The number of esters is 1. The third-order valence-corrected chi connectivity index (χ3v) is 4.54. The smallest absolute Gasteiger partial charge is 0.416 e. The summed E-state index contributed by atoms with van der Waals surface area (Å²) >= 11 is 3.33. The first-order chi connectivity index (χ1) is 12.4. The Labute approximate surface area is 155 Å². The van der Waals surface area contributed by atoms with Crippen LogP contribution < -0.4 is 0 Å². The molecule has 0 aliphatic carbocycles. The van der Waals surface area contributed by atoms with Crippen LogP contribution in [-0.4, -0.2) is 18.1 Å². The van der Waals surface area contributed by atoms with Crippen molar-refractivity contribution in [3.63, 3.8) is 0 Å². The standard InChI is InChI=1S/C19H13BrF3NO2/c1-26-18(25)16-13-7-2-3-8-15(13)24-17(14(16)10-20)11-5-4-6-12(9-11)19(21,22)23/h2-9H,10H2,1H3. The lowest BCUT2D eigenvalue weighted by Gasteiger charge is -2.15. The number of para-hydroxylation sites is 1. The minimum Gasteiger partial charge on any atom is -0.465 e. The summed E-state index contributed by atoms with van der Waals surface area (Å²) in [7, 11) is 1.26. The summed E-state index contributed by atoms with van der Waals surface area (Å²) in [6.45, 7) is 0. The van der Waals surface area contributed by atoms with Crippen molar-refractivity contribution in [3.05, 3.63) is 65.2 Å². The van der Waals surface area contributed by atoms with Gasteiger partial charge < -0.3 is 4.74 Å². The molecule has 3 aromatic rings. The molecule has 1 aromatic heterocycles. The van der Waals surface area contributed by atoms with Gasteiger partial charge in [-0.3, -0.25) is 0 Å². The van der Waals surface area contributed by atoms with Gasteiger partial charge >= 0.3 is 12.1 Å². The summed E-state index contributed by atoms with van der Waals surface area (Å²) < 4.78 is 44.1. The molecule has 0 aliphatic heterocycles. The number of hydrogen-bond donors (Lipinski definition) is 0. The van der Waals surface area contributed by atoms with E-state index in [0.29, 0.717) is 27.7 Å². The van der Waals surface area contributed by atoms with Crippen molar-refractivity contribution < 1.29 is 22.7 Å². The number of alkyl halides is 4. The highest BCUT2D eigenvalue weighted by Gasteiger charge is 2.31. The second-order valence-electron chi connectivity index (χ2n) is 5.53. The first-order valence-corrected chi connectivity index (χ1v) is 8.72. The second-order valence-corrected chi connectivity index (χ2v) is 6.10. The first kappa shape index (κ1) is 18.4. The van der Waals surface area contributed by atoms with Crippen LogP contribution in [-0.2, 0) is 16.2 Å². The predicted octanol–water partition coefficient (Wildman–Crippen LogP) is 5.60. The van der Waals surface area contributed by atoms with Crippen LogP contribution in [0.1, 0.15) is 21.5 Å². The van der Waals surface area contributed by atoms with E-state index in [1.54, 1.807) is 30.3 Å². The van der Waals surface area contributed by atoms with Crippen molar-refractivity contribution in [3.8, 4) is 11.3 Å². The summed E-state index contributed by atoms with van der Waals surface area (Å²) in [4.78, 5) is 16.9. The molecule has 0 unspecified atom stereocenters. The highest BCUT2D eigenvalue weighted by molar-refractivity contribution is 9.08. The minimum absolute atomic E-state index is 0.237. The van der Waals surface area contributed by atoms with E-state index < -0.39 is 17.7 Å². The SMILES string of the molecule is COC(=O)c1c(CBr)c(-c2cccc(C(F)(F)F)c2)nc2ccccc12. The maximum Gasteiger partial charge on any atom is 0.416 e. The van der Waals surface area contributed by atoms with Crippen LogP contribution in [0.5, 0.6) is 0 Å². The molecule has 0 N–H and O–H groups in total. The molecule has 0 saturated heterocycles. The van der Waals surface area contributed by atoms with Gasteiger partial charge in [0.2, 0.25) is 0 Å². The lowest BCUT2D eigenvalue weighted by atomic mass is 9.97. The Morgan fingerprint density at radius 3 is 2.54 bits per heavy atom. The van der Waals surface area contributed by atoms with Gasteiger partial charge in [-0.1, -0.05) is 46.3 Å². The first-order valence-electron chi connectivity index (χ1n) is 7.60. The molecule has 0 fully saturated rings. The minimum atomic E-state index is -4.47. The van der Waals surface area contributed by atoms with Gasteiger partial charge in [0.05, 0.1) is 29.4 Å². The number of pyridine rings is 1. The monoisotopic (exact) mass is 423 g/mol. The number of fused-ring (bicyclic) bond motifs is 1. The van der Waals surface area contributed by atoms with Crippen LogP contribution >= 0.6 is 15.9 Å². The number of hydrogen-bond acceptors (Lipinski definition) is 3. The molecule has 0 aliphatic rings. The third kappa shape index (κ3) is 3.31. The fraction of sp³-hybridized carbons (Fsp3) is 0.158. The van der Waals surface area contributed by atoms with Gasteiger partial charge in [-0.25, -0.2) is 9.78 Å². The number of aromatic nitrogens is 1. The van der Waals surface area contributed by atoms with Crippen LogP contribution in [0.2, 0.25) is 0 Å². The molecule has 1 heterocycles. The molecule has 3 rings (SSSR count). The van der Waals surface area contributed by atoms with E-state index in [4.69, 9.17) is 4.74 Å². The lowest BCUT2D eigenvalue weighted by molar-refractivity contribution is -0.137. The molecule has 3 nitrogen and oxygen atoms in total. The average molecular weight is 424 g/mol. The summed E-state index contributed by atoms with van der Waals surface area (Å²) in [5.41, 5.74) is 1.10. The van der Waals surface area contributed by atoms with E-state index in [2.05, 4.69) is 20.9 Å². The van der Waals surface area contributed by atoms with E-state index in [1.807, 2.05) is 0 Å². The lowest BCUT2D eigenvalue weighted by Crippen LogP contribution is -2.09. The number of methoxy groups -OCH3 is 1. The van der Waals surface area contributed by atoms with Crippen molar-refractivity contribution >= 4 is 32.8 Å². The van der Waals surface area contributed by atoms with E-state index in [-0.39, 0.29) is 10.9 Å². The van der Waals surface area contributed by atoms with Gasteiger partial charge in [-0.2, -0.15) is 13.2 Å². The predicted molar refractivity (Wildman–Crippen MR) is 96.2 cm³/mol. The quantitative estimate of drug-likeness (QED) is 0.406. The van der Waals surface area contributed by atoms with Gasteiger partial charge in [0.15, 0.2) is 0 Å². The fourth-order valence-electron chi connectivity index (χ4n) is 2.80. The molecule has 134 valence electrons. The van der Waals surface area contributed by atoms with E-state index >= 15 is 0 Å². The Kier molecular flexibility index (Phi) is 5.00. The van der Waals surface area contributed by atoms with Crippen LogP contribution in [0, 0.1) is 0 Å². The Bertz CT molecular complexity index is 986. The Morgan fingerprint density at radius 1 is 1.15 bits per heavy atom. The number of benzene rings is 2. The molecule has 2 aromatic carbocycles. The van der Waals surface area contributed by atoms with Gasteiger partial charge in [-0.15, -0.1) is 0 Å².